The molecule has 0 saturated heterocycles. The summed E-state index contributed by atoms with van der Waals surface area (Å²) < 4.78 is 28.7. The first kappa shape index (κ1) is 19.1. The van der Waals surface area contributed by atoms with E-state index in [9.17, 15) is 28.3 Å². The van der Waals surface area contributed by atoms with Crippen LogP contribution in [0, 0.1) is 11.6 Å². The lowest BCUT2D eigenvalue weighted by atomic mass is 10.1. The Morgan fingerprint density at radius 2 is 2.07 bits per heavy atom. The molecule has 0 radical (unpaired) electrons. The van der Waals surface area contributed by atoms with Crippen LogP contribution in [0.2, 0.25) is 0 Å². The largest absolute Gasteiger partial charge is 0.503 e. The number of nitrogens with one attached hydrogen (secondary N) is 1. The Hall–Kier alpha value is -3.23. The van der Waals surface area contributed by atoms with Crippen LogP contribution >= 0.6 is 0 Å². The van der Waals surface area contributed by atoms with E-state index >= 15 is 0 Å². The van der Waals surface area contributed by atoms with Crippen molar-refractivity contribution in [2.45, 2.75) is 32.4 Å². The molecule has 1 atom stereocenters. The highest BCUT2D eigenvalue weighted by atomic mass is 19.2. The fraction of sp³-hybridized carbons (Fsp3) is 0.350. The van der Waals surface area contributed by atoms with Crippen LogP contribution in [0.1, 0.15) is 51.5 Å². The van der Waals surface area contributed by atoms with Crippen molar-refractivity contribution in [3.05, 3.63) is 62.6 Å². The Bertz CT molecular complexity index is 1100. The van der Waals surface area contributed by atoms with Gasteiger partial charge in [-0.3, -0.25) is 14.4 Å². The van der Waals surface area contributed by atoms with Gasteiger partial charge < -0.3 is 19.9 Å². The molecule has 0 spiro atoms. The number of hydrogen-bond donors (Lipinski definition) is 2. The minimum atomic E-state index is -1.08. The minimum Gasteiger partial charge on any atom is -0.503 e. The zero-order valence-corrected chi connectivity index (χ0v) is 15.7. The van der Waals surface area contributed by atoms with E-state index in [0.29, 0.717) is 31.6 Å². The fourth-order valence-corrected chi connectivity index (χ4v) is 4.13. The van der Waals surface area contributed by atoms with E-state index < -0.39 is 34.6 Å². The van der Waals surface area contributed by atoms with E-state index in [-0.39, 0.29) is 29.4 Å². The van der Waals surface area contributed by atoms with Crippen molar-refractivity contribution in [1.82, 2.24) is 14.8 Å². The van der Waals surface area contributed by atoms with E-state index in [1.54, 1.807) is 9.47 Å². The van der Waals surface area contributed by atoms with E-state index in [4.69, 9.17) is 0 Å². The molecule has 2 aliphatic rings. The molecule has 2 amide bonds. The molecule has 0 aliphatic carbocycles. The molecule has 1 aromatic carbocycles. The number of likely N-dealkylation sites (N-methyl/N-ethyl adjacent to an activating group) is 1. The summed E-state index contributed by atoms with van der Waals surface area (Å²) in [5, 5.41) is 12.8. The Kier molecular flexibility index (Phi) is 4.60. The number of carbonyl (C=O) groups excluding carboxylic acids is 2. The van der Waals surface area contributed by atoms with Crippen LogP contribution < -0.4 is 10.7 Å². The summed E-state index contributed by atoms with van der Waals surface area (Å²) >= 11 is 0. The zero-order valence-electron chi connectivity index (χ0n) is 15.7. The van der Waals surface area contributed by atoms with Gasteiger partial charge in [0.1, 0.15) is 5.56 Å². The van der Waals surface area contributed by atoms with Gasteiger partial charge in [0.2, 0.25) is 5.43 Å². The van der Waals surface area contributed by atoms with Crippen molar-refractivity contribution in [2.75, 3.05) is 13.1 Å². The summed E-state index contributed by atoms with van der Waals surface area (Å²) in [6.07, 6.45) is 1.02. The molecule has 2 aliphatic heterocycles. The topological polar surface area (TPSA) is 91.6 Å². The highest BCUT2D eigenvalue weighted by Gasteiger charge is 2.40. The summed E-state index contributed by atoms with van der Waals surface area (Å²) in [5.41, 5.74) is -0.968. The molecule has 2 aromatic rings. The SMILES string of the molecule is CCN1CC2CCc3c(C(=O)NCc4cccc(F)c4F)c(=O)c(O)c(n32)C1=O. The number of rotatable bonds is 4. The fourth-order valence-electron chi connectivity index (χ4n) is 4.13. The number of amides is 2. The number of aromatic hydroxyl groups is 1. The number of halogens is 2. The molecule has 3 heterocycles. The van der Waals surface area contributed by atoms with Gasteiger partial charge in [-0.2, -0.15) is 0 Å². The van der Waals surface area contributed by atoms with Gasteiger partial charge in [0.05, 0.1) is 6.04 Å². The van der Waals surface area contributed by atoms with E-state index in [1.165, 1.54) is 12.1 Å². The average molecular weight is 403 g/mol. The summed E-state index contributed by atoms with van der Waals surface area (Å²) in [6.45, 7) is 2.37. The molecular formula is C20H19F2N3O4. The highest BCUT2D eigenvalue weighted by molar-refractivity contribution is 6.00. The monoisotopic (exact) mass is 403 g/mol. The Morgan fingerprint density at radius 3 is 2.79 bits per heavy atom. The van der Waals surface area contributed by atoms with Crippen LogP contribution in [0.25, 0.3) is 0 Å². The van der Waals surface area contributed by atoms with Crippen molar-refractivity contribution < 1.29 is 23.5 Å². The van der Waals surface area contributed by atoms with Gasteiger partial charge in [-0.1, -0.05) is 12.1 Å². The lowest BCUT2D eigenvalue weighted by molar-refractivity contribution is 0.0676. The summed E-state index contributed by atoms with van der Waals surface area (Å²) in [7, 11) is 0. The van der Waals surface area contributed by atoms with Gasteiger partial charge in [0.15, 0.2) is 23.1 Å². The Balaban J connectivity index is 1.72. The predicted molar refractivity (Wildman–Crippen MR) is 98.8 cm³/mol. The first-order chi connectivity index (χ1) is 13.8. The maximum absolute atomic E-state index is 13.8. The highest BCUT2D eigenvalue weighted by Crippen LogP contribution is 2.36. The summed E-state index contributed by atoms with van der Waals surface area (Å²) in [6, 6.07) is 3.47. The lowest BCUT2D eigenvalue weighted by Crippen LogP contribution is -2.44. The zero-order chi connectivity index (χ0) is 20.9. The molecular weight excluding hydrogens is 384 g/mol. The second kappa shape index (κ2) is 6.98. The van der Waals surface area contributed by atoms with Gasteiger partial charge in [0, 0.05) is 30.9 Å². The molecule has 1 unspecified atom stereocenters. The van der Waals surface area contributed by atoms with Crippen LogP contribution in [-0.4, -0.2) is 39.5 Å². The Morgan fingerprint density at radius 1 is 1.31 bits per heavy atom. The average Bonchev–Trinajstić information content (AvgIpc) is 3.11. The number of hydrogen-bond acceptors (Lipinski definition) is 4. The second-order valence-corrected chi connectivity index (χ2v) is 7.15. The van der Waals surface area contributed by atoms with Crippen LogP contribution in [-0.2, 0) is 13.0 Å². The van der Waals surface area contributed by atoms with Crippen LogP contribution in [0.4, 0.5) is 8.78 Å². The summed E-state index contributed by atoms with van der Waals surface area (Å²) in [4.78, 5) is 39.6. The van der Waals surface area contributed by atoms with E-state index in [2.05, 4.69) is 5.32 Å². The van der Waals surface area contributed by atoms with Crippen LogP contribution in [0.3, 0.4) is 0 Å². The van der Waals surface area contributed by atoms with Crippen molar-refractivity contribution >= 4 is 11.8 Å². The quantitative estimate of drug-likeness (QED) is 0.813. The van der Waals surface area contributed by atoms with Gasteiger partial charge in [-0.25, -0.2) is 8.78 Å². The van der Waals surface area contributed by atoms with Crippen molar-refractivity contribution in [3.8, 4) is 5.75 Å². The standard InChI is InChI=1S/C20H19F2N3O4/c1-2-24-9-11-6-7-13-14(17(26)18(27)16(20(24)29)25(11)13)19(28)23-8-10-4-3-5-12(21)15(10)22/h3-5,11,27H,2,6-9H2,1H3,(H,23,28). The van der Waals surface area contributed by atoms with Crippen molar-refractivity contribution in [3.63, 3.8) is 0 Å². The normalized spacial score (nSPS) is 17.4. The third-order valence-corrected chi connectivity index (χ3v) is 5.57. The molecule has 7 nitrogen and oxygen atoms in total. The smallest absolute Gasteiger partial charge is 0.274 e. The molecule has 9 heteroatoms. The molecule has 0 saturated carbocycles. The molecule has 29 heavy (non-hydrogen) atoms. The molecule has 4 rings (SSSR count). The van der Waals surface area contributed by atoms with Gasteiger partial charge in [0.25, 0.3) is 11.8 Å². The number of pyridine rings is 1. The van der Waals surface area contributed by atoms with Gasteiger partial charge >= 0.3 is 0 Å². The molecule has 2 N–H and O–H groups in total. The number of benzene rings is 1. The van der Waals surface area contributed by atoms with Crippen LogP contribution in [0.15, 0.2) is 23.0 Å². The Labute approximate surface area is 164 Å². The second-order valence-electron chi connectivity index (χ2n) is 7.15. The van der Waals surface area contributed by atoms with Gasteiger partial charge in [-0.15, -0.1) is 0 Å². The number of nitrogens with zero attached hydrogens (tertiary/aromatic N) is 2. The van der Waals surface area contributed by atoms with Crippen LogP contribution in [0.5, 0.6) is 5.75 Å². The first-order valence-electron chi connectivity index (χ1n) is 9.35. The maximum atomic E-state index is 13.8. The third kappa shape index (κ3) is 2.88. The maximum Gasteiger partial charge on any atom is 0.274 e. The van der Waals surface area contributed by atoms with Crippen molar-refractivity contribution in [1.29, 1.82) is 0 Å². The predicted octanol–water partition coefficient (Wildman–Crippen LogP) is 1.73. The molecule has 1 aromatic heterocycles. The third-order valence-electron chi connectivity index (χ3n) is 5.57. The molecule has 152 valence electrons. The number of aromatic nitrogens is 1. The first-order valence-corrected chi connectivity index (χ1v) is 9.35. The molecule has 0 fully saturated rings. The van der Waals surface area contributed by atoms with Gasteiger partial charge in [-0.05, 0) is 25.8 Å². The number of carbonyl (C=O) groups is 2. The summed E-state index contributed by atoms with van der Waals surface area (Å²) in [5.74, 6) is -4.12. The van der Waals surface area contributed by atoms with E-state index in [0.717, 1.165) is 6.07 Å². The minimum absolute atomic E-state index is 0.0660. The molecule has 0 bridgehead atoms. The lowest BCUT2D eigenvalue weighted by Gasteiger charge is -2.34. The van der Waals surface area contributed by atoms with Crippen molar-refractivity contribution in [2.24, 2.45) is 0 Å². The van der Waals surface area contributed by atoms with E-state index in [1.807, 2.05) is 6.92 Å².